The molecular formula is C30H33FN2O3. The van der Waals surface area contributed by atoms with E-state index in [2.05, 4.69) is 17.0 Å². The van der Waals surface area contributed by atoms with Crippen molar-refractivity contribution in [1.29, 1.82) is 0 Å². The van der Waals surface area contributed by atoms with Crippen LogP contribution >= 0.6 is 0 Å². The van der Waals surface area contributed by atoms with E-state index < -0.39 is 12.0 Å². The maximum absolute atomic E-state index is 15.5. The van der Waals surface area contributed by atoms with Crippen molar-refractivity contribution >= 4 is 11.7 Å². The van der Waals surface area contributed by atoms with Gasteiger partial charge in [0.1, 0.15) is 18.2 Å². The fraction of sp³-hybridized carbons (Fsp3) is 0.367. The van der Waals surface area contributed by atoms with Gasteiger partial charge in [-0.25, -0.2) is 4.39 Å². The van der Waals surface area contributed by atoms with Crippen LogP contribution in [0.4, 0.5) is 10.1 Å². The maximum atomic E-state index is 15.5. The van der Waals surface area contributed by atoms with Crippen LogP contribution in [0.25, 0.3) is 11.1 Å². The van der Waals surface area contributed by atoms with Crippen LogP contribution in [0.3, 0.4) is 0 Å². The first-order valence-electron chi connectivity index (χ1n) is 12.7. The summed E-state index contributed by atoms with van der Waals surface area (Å²) in [5.41, 5.74) is 11.0. The molecule has 3 N–H and O–H groups in total. The zero-order chi connectivity index (χ0) is 25.3. The lowest BCUT2D eigenvalue weighted by Gasteiger charge is -2.34. The number of hydrogen-bond donors (Lipinski definition) is 2. The first-order valence-corrected chi connectivity index (χ1v) is 12.7. The van der Waals surface area contributed by atoms with Crippen molar-refractivity contribution < 1.29 is 19.0 Å². The van der Waals surface area contributed by atoms with Gasteiger partial charge in [-0.2, -0.15) is 0 Å². The summed E-state index contributed by atoms with van der Waals surface area (Å²) in [5.74, 6) is -0.650. The molecule has 0 bridgehead atoms. The minimum atomic E-state index is -0.904. The summed E-state index contributed by atoms with van der Waals surface area (Å²) in [7, 11) is 0. The molecule has 0 unspecified atom stereocenters. The Labute approximate surface area is 211 Å². The number of nitrogens with two attached hydrogens (primary N) is 1. The normalized spacial score (nSPS) is 17.1. The van der Waals surface area contributed by atoms with E-state index in [1.165, 1.54) is 25.7 Å². The highest BCUT2D eigenvalue weighted by Gasteiger charge is 2.44. The summed E-state index contributed by atoms with van der Waals surface area (Å²) in [4.78, 5) is 13.7. The van der Waals surface area contributed by atoms with Gasteiger partial charge in [0, 0.05) is 41.5 Å². The second-order valence-corrected chi connectivity index (χ2v) is 10.3. The number of benzene rings is 3. The number of nitrogens with zero attached hydrogens (tertiary/aromatic N) is 1. The van der Waals surface area contributed by atoms with Crippen molar-refractivity contribution in [2.24, 2.45) is 11.1 Å². The number of carbonyl (C=O) groups is 1. The van der Waals surface area contributed by atoms with Crippen LogP contribution in [0.15, 0.2) is 60.7 Å². The minimum Gasteiger partial charge on any atom is -0.489 e. The third-order valence-corrected chi connectivity index (χ3v) is 7.66. The molecule has 1 atom stereocenters. The van der Waals surface area contributed by atoms with Crippen molar-refractivity contribution in [1.82, 2.24) is 0 Å². The highest BCUT2D eigenvalue weighted by molar-refractivity contribution is 5.72. The number of carboxylic acid groups (broad SMARTS) is 1. The fourth-order valence-corrected chi connectivity index (χ4v) is 5.25. The van der Waals surface area contributed by atoms with Gasteiger partial charge >= 0.3 is 5.97 Å². The number of carboxylic acids is 1. The van der Waals surface area contributed by atoms with E-state index in [-0.39, 0.29) is 18.8 Å². The lowest BCUT2D eigenvalue weighted by Crippen LogP contribution is -2.34. The third-order valence-electron chi connectivity index (χ3n) is 7.66. The molecule has 6 heteroatoms. The van der Waals surface area contributed by atoms with Crippen LogP contribution < -0.4 is 15.4 Å². The second kappa shape index (κ2) is 9.94. The highest BCUT2D eigenvalue weighted by atomic mass is 19.1. The predicted octanol–water partition coefficient (Wildman–Crippen LogP) is 6.10. The molecule has 5 nitrogen and oxygen atoms in total. The van der Waals surface area contributed by atoms with Gasteiger partial charge in [0.15, 0.2) is 0 Å². The van der Waals surface area contributed by atoms with Crippen molar-refractivity contribution in [3.63, 3.8) is 0 Å². The molecule has 1 heterocycles. The monoisotopic (exact) mass is 488 g/mol. The number of rotatable bonds is 8. The van der Waals surface area contributed by atoms with Crippen LogP contribution in [-0.2, 0) is 17.8 Å². The molecule has 2 aliphatic rings. The van der Waals surface area contributed by atoms with Gasteiger partial charge in [-0.3, -0.25) is 4.79 Å². The summed E-state index contributed by atoms with van der Waals surface area (Å²) in [6.07, 6.45) is 4.96. The summed E-state index contributed by atoms with van der Waals surface area (Å²) in [6.45, 7) is 4.03. The summed E-state index contributed by atoms with van der Waals surface area (Å²) >= 11 is 0. The number of anilines is 1. The Morgan fingerprint density at radius 1 is 1.08 bits per heavy atom. The minimum absolute atomic E-state index is 0.105. The lowest BCUT2D eigenvalue weighted by atomic mass is 9.92. The molecule has 2 fully saturated rings. The number of ether oxygens (including phenoxy) is 1. The average Bonchev–Trinajstić information content (AvgIpc) is 3.62. The first-order chi connectivity index (χ1) is 17.3. The highest BCUT2D eigenvalue weighted by Crippen LogP contribution is 2.54. The van der Waals surface area contributed by atoms with Gasteiger partial charge in [-0.15, -0.1) is 0 Å². The van der Waals surface area contributed by atoms with E-state index in [0.29, 0.717) is 27.9 Å². The smallest absolute Gasteiger partial charge is 0.307 e. The van der Waals surface area contributed by atoms with Crippen LogP contribution in [-0.4, -0.2) is 24.2 Å². The number of hydrogen-bond acceptors (Lipinski definition) is 4. The molecule has 0 amide bonds. The molecule has 188 valence electrons. The zero-order valence-electron chi connectivity index (χ0n) is 20.7. The molecule has 3 aromatic carbocycles. The molecule has 1 saturated heterocycles. The van der Waals surface area contributed by atoms with E-state index in [4.69, 9.17) is 10.5 Å². The van der Waals surface area contributed by atoms with Gasteiger partial charge in [-0.1, -0.05) is 36.4 Å². The quantitative estimate of drug-likeness (QED) is 0.401. The molecule has 0 radical (unpaired) electrons. The molecule has 1 aliphatic heterocycles. The fourth-order valence-electron chi connectivity index (χ4n) is 5.25. The van der Waals surface area contributed by atoms with Crippen molar-refractivity contribution in [2.45, 2.75) is 51.7 Å². The third kappa shape index (κ3) is 5.24. The van der Waals surface area contributed by atoms with Gasteiger partial charge in [0.25, 0.3) is 0 Å². The molecule has 1 saturated carbocycles. The van der Waals surface area contributed by atoms with Crippen LogP contribution in [0, 0.1) is 11.2 Å². The second-order valence-electron chi connectivity index (χ2n) is 10.3. The largest absolute Gasteiger partial charge is 0.489 e. The zero-order valence-corrected chi connectivity index (χ0v) is 20.7. The van der Waals surface area contributed by atoms with Crippen LogP contribution in [0.2, 0.25) is 0 Å². The lowest BCUT2D eigenvalue weighted by molar-refractivity contribution is -0.136. The molecule has 36 heavy (non-hydrogen) atoms. The van der Waals surface area contributed by atoms with E-state index >= 15 is 4.39 Å². The molecular weight excluding hydrogens is 455 g/mol. The molecule has 1 aliphatic carbocycles. The van der Waals surface area contributed by atoms with E-state index in [0.717, 1.165) is 29.9 Å². The van der Waals surface area contributed by atoms with Gasteiger partial charge < -0.3 is 20.5 Å². The Bertz CT molecular complexity index is 1260. The first kappa shape index (κ1) is 24.3. The van der Waals surface area contributed by atoms with Crippen molar-refractivity contribution in [3.05, 3.63) is 83.2 Å². The topological polar surface area (TPSA) is 75.8 Å². The van der Waals surface area contributed by atoms with Gasteiger partial charge in [-0.05, 0) is 73.4 Å². The van der Waals surface area contributed by atoms with E-state index in [1.807, 2.05) is 18.2 Å². The average molecular weight is 489 g/mol. The maximum Gasteiger partial charge on any atom is 0.307 e. The number of halogens is 1. The van der Waals surface area contributed by atoms with Gasteiger partial charge in [0.05, 0.1) is 6.42 Å². The van der Waals surface area contributed by atoms with Crippen LogP contribution in [0.5, 0.6) is 5.75 Å². The molecule has 5 rings (SSSR count). The Balaban J connectivity index is 1.47. The molecule has 1 spiro atoms. The van der Waals surface area contributed by atoms with Crippen LogP contribution in [0.1, 0.15) is 55.3 Å². The molecule has 3 aromatic rings. The van der Waals surface area contributed by atoms with E-state index in [9.17, 15) is 9.90 Å². The SMILES string of the molecule is C[C@@H](N)c1cccc(-c2cc(COc3ccccc3CC(=O)O)cc(N3CCC4(CC3)CC4)c2)c1F. The Morgan fingerprint density at radius 2 is 1.83 bits per heavy atom. The van der Waals surface area contributed by atoms with Crippen molar-refractivity contribution in [3.8, 4) is 16.9 Å². The summed E-state index contributed by atoms with van der Waals surface area (Å²) in [5, 5.41) is 9.24. The standard InChI is InChI=1S/C30H33FN2O3/c1-20(32)25-6-4-7-26(29(25)31)23-15-21(19-36-27-8-3-2-5-22(27)18-28(34)35)16-24(17-23)33-13-11-30(9-10-30)12-14-33/h2-8,15-17,20H,9-14,18-19,32H2,1H3,(H,34,35)/t20-/m1/s1. The Kier molecular flexibility index (Phi) is 6.71. The Morgan fingerprint density at radius 3 is 2.53 bits per heavy atom. The number of para-hydroxylation sites is 1. The predicted molar refractivity (Wildman–Crippen MR) is 140 cm³/mol. The number of aliphatic carboxylic acids is 1. The van der Waals surface area contributed by atoms with E-state index in [1.54, 1.807) is 37.3 Å². The molecule has 0 aromatic heterocycles. The summed E-state index contributed by atoms with van der Waals surface area (Å²) in [6, 6.07) is 18.3. The number of piperidine rings is 1. The summed E-state index contributed by atoms with van der Waals surface area (Å²) < 4.78 is 21.6. The van der Waals surface area contributed by atoms with Gasteiger partial charge in [0.2, 0.25) is 0 Å². The Hall–Kier alpha value is -3.38. The van der Waals surface area contributed by atoms with Crippen molar-refractivity contribution in [2.75, 3.05) is 18.0 Å².